The highest BCUT2D eigenvalue weighted by molar-refractivity contribution is 7.09. The van der Waals surface area contributed by atoms with Gasteiger partial charge in [-0.15, -0.1) is 11.3 Å². The molecule has 1 saturated heterocycles. The summed E-state index contributed by atoms with van der Waals surface area (Å²) in [6.45, 7) is 9.90. The van der Waals surface area contributed by atoms with Gasteiger partial charge in [-0.3, -0.25) is 4.99 Å². The van der Waals surface area contributed by atoms with Crippen LogP contribution in [0.3, 0.4) is 0 Å². The van der Waals surface area contributed by atoms with Gasteiger partial charge in [-0.2, -0.15) is 0 Å². The van der Waals surface area contributed by atoms with Crippen molar-refractivity contribution in [2.75, 3.05) is 33.2 Å². The van der Waals surface area contributed by atoms with Gasteiger partial charge in [0.2, 0.25) is 0 Å². The Morgan fingerprint density at radius 2 is 2.09 bits per heavy atom. The molecule has 5 nitrogen and oxygen atoms in total. The zero-order valence-corrected chi connectivity index (χ0v) is 15.6. The van der Waals surface area contributed by atoms with Gasteiger partial charge in [0.15, 0.2) is 5.96 Å². The average Bonchev–Trinajstić information content (AvgIpc) is 3.21. The standard InChI is InChI=1S/C17H31N5S/c1-14(2)15-13-23-16(21-15)12-20-17(18-3)19-8-4-5-9-22-10-6-7-11-22/h13-14H,4-12H2,1-3H3,(H2,18,19,20). The first-order chi connectivity index (χ1) is 11.2. The first-order valence-electron chi connectivity index (χ1n) is 8.80. The largest absolute Gasteiger partial charge is 0.356 e. The maximum absolute atomic E-state index is 4.64. The minimum absolute atomic E-state index is 0.494. The summed E-state index contributed by atoms with van der Waals surface area (Å²) in [7, 11) is 1.82. The van der Waals surface area contributed by atoms with Gasteiger partial charge in [-0.25, -0.2) is 4.98 Å². The molecule has 2 heterocycles. The summed E-state index contributed by atoms with van der Waals surface area (Å²) in [5.41, 5.74) is 1.18. The van der Waals surface area contributed by atoms with Crippen molar-refractivity contribution < 1.29 is 0 Å². The molecule has 0 aliphatic carbocycles. The second kappa shape index (κ2) is 9.88. The first-order valence-corrected chi connectivity index (χ1v) is 9.68. The quantitative estimate of drug-likeness (QED) is 0.435. The molecule has 0 amide bonds. The predicted molar refractivity (Wildman–Crippen MR) is 99.3 cm³/mol. The van der Waals surface area contributed by atoms with Crippen molar-refractivity contribution in [2.24, 2.45) is 4.99 Å². The van der Waals surface area contributed by atoms with Crippen molar-refractivity contribution in [2.45, 2.75) is 52.0 Å². The van der Waals surface area contributed by atoms with Gasteiger partial charge in [0.25, 0.3) is 0 Å². The van der Waals surface area contributed by atoms with Crippen LogP contribution in [0, 0.1) is 0 Å². The van der Waals surface area contributed by atoms with E-state index in [4.69, 9.17) is 0 Å². The lowest BCUT2D eigenvalue weighted by Gasteiger charge is -2.15. The Hall–Kier alpha value is -1.14. The van der Waals surface area contributed by atoms with E-state index in [1.807, 2.05) is 7.05 Å². The van der Waals surface area contributed by atoms with Crippen LogP contribution in [0.5, 0.6) is 0 Å². The molecule has 0 aromatic carbocycles. The third kappa shape index (κ3) is 6.47. The van der Waals surface area contributed by atoms with Crippen LogP contribution in [0.1, 0.15) is 56.2 Å². The van der Waals surface area contributed by atoms with E-state index in [2.05, 4.69) is 44.7 Å². The number of thiazole rings is 1. The van der Waals surface area contributed by atoms with Crippen molar-refractivity contribution in [1.29, 1.82) is 0 Å². The molecule has 130 valence electrons. The van der Waals surface area contributed by atoms with Crippen LogP contribution in [0.15, 0.2) is 10.4 Å². The fourth-order valence-electron chi connectivity index (χ4n) is 2.72. The third-order valence-electron chi connectivity index (χ3n) is 4.18. The molecule has 1 aliphatic rings. The van der Waals surface area contributed by atoms with Crippen LogP contribution in [0.2, 0.25) is 0 Å². The Balaban J connectivity index is 1.59. The van der Waals surface area contributed by atoms with Gasteiger partial charge in [0.05, 0.1) is 12.2 Å². The molecule has 2 N–H and O–H groups in total. The minimum atomic E-state index is 0.494. The zero-order valence-electron chi connectivity index (χ0n) is 14.8. The molecule has 0 saturated carbocycles. The van der Waals surface area contributed by atoms with Gasteiger partial charge in [-0.1, -0.05) is 13.8 Å². The Labute approximate surface area is 144 Å². The van der Waals surface area contributed by atoms with Crippen molar-refractivity contribution in [3.05, 3.63) is 16.1 Å². The fraction of sp³-hybridized carbons (Fsp3) is 0.765. The lowest BCUT2D eigenvalue weighted by Crippen LogP contribution is -2.37. The first kappa shape index (κ1) is 18.2. The Bertz CT molecular complexity index is 477. The molecular weight excluding hydrogens is 306 g/mol. The molecule has 1 aromatic heterocycles. The maximum atomic E-state index is 4.64. The molecule has 0 radical (unpaired) electrons. The Morgan fingerprint density at radius 3 is 2.74 bits per heavy atom. The summed E-state index contributed by atoms with van der Waals surface area (Å²) in [6.07, 6.45) is 5.20. The topological polar surface area (TPSA) is 52.6 Å². The van der Waals surface area contributed by atoms with Crippen molar-refractivity contribution in [1.82, 2.24) is 20.5 Å². The van der Waals surface area contributed by atoms with Crippen LogP contribution in [0.4, 0.5) is 0 Å². The number of unbranched alkanes of at least 4 members (excludes halogenated alkanes) is 1. The number of nitrogens with one attached hydrogen (secondary N) is 2. The monoisotopic (exact) mass is 337 g/mol. The highest BCUT2D eigenvalue weighted by Gasteiger charge is 2.10. The molecule has 0 unspecified atom stereocenters. The second-order valence-electron chi connectivity index (χ2n) is 6.43. The number of aromatic nitrogens is 1. The highest BCUT2D eigenvalue weighted by Crippen LogP contribution is 2.17. The zero-order chi connectivity index (χ0) is 16.5. The van der Waals surface area contributed by atoms with Crippen molar-refractivity contribution in [3.63, 3.8) is 0 Å². The minimum Gasteiger partial charge on any atom is -0.356 e. The van der Waals surface area contributed by atoms with E-state index in [1.165, 1.54) is 51.0 Å². The van der Waals surface area contributed by atoms with Gasteiger partial charge < -0.3 is 15.5 Å². The normalized spacial score (nSPS) is 16.3. The van der Waals surface area contributed by atoms with E-state index in [-0.39, 0.29) is 0 Å². The van der Waals surface area contributed by atoms with Crippen LogP contribution >= 0.6 is 11.3 Å². The van der Waals surface area contributed by atoms with Crippen LogP contribution in [-0.4, -0.2) is 49.1 Å². The summed E-state index contributed by atoms with van der Waals surface area (Å²) in [4.78, 5) is 11.5. The molecular formula is C17H31N5S. The van der Waals surface area contributed by atoms with E-state index in [0.717, 1.165) is 24.1 Å². The Kier molecular flexibility index (Phi) is 7.82. The molecule has 6 heteroatoms. The third-order valence-corrected chi connectivity index (χ3v) is 5.05. The number of nitrogens with zero attached hydrogens (tertiary/aromatic N) is 3. The number of hydrogen-bond acceptors (Lipinski definition) is 4. The Morgan fingerprint density at radius 1 is 1.30 bits per heavy atom. The molecule has 0 atom stereocenters. The van der Waals surface area contributed by atoms with E-state index in [1.54, 1.807) is 11.3 Å². The lowest BCUT2D eigenvalue weighted by atomic mass is 10.2. The van der Waals surface area contributed by atoms with E-state index >= 15 is 0 Å². The molecule has 0 bridgehead atoms. The number of aliphatic imine (C=N–C) groups is 1. The summed E-state index contributed by atoms with van der Waals surface area (Å²) < 4.78 is 0. The predicted octanol–water partition coefficient (Wildman–Crippen LogP) is 2.81. The van der Waals surface area contributed by atoms with Crippen LogP contribution < -0.4 is 10.6 Å². The number of rotatable bonds is 8. The molecule has 1 aliphatic heterocycles. The average molecular weight is 338 g/mol. The molecule has 0 spiro atoms. The van der Waals surface area contributed by atoms with Crippen LogP contribution in [0.25, 0.3) is 0 Å². The summed E-state index contributed by atoms with van der Waals surface area (Å²) in [5, 5.41) is 10.0. The van der Waals surface area contributed by atoms with E-state index < -0.39 is 0 Å². The van der Waals surface area contributed by atoms with Crippen molar-refractivity contribution >= 4 is 17.3 Å². The summed E-state index contributed by atoms with van der Waals surface area (Å²) in [6, 6.07) is 0. The molecule has 1 aromatic rings. The van der Waals surface area contributed by atoms with E-state index in [9.17, 15) is 0 Å². The van der Waals surface area contributed by atoms with Gasteiger partial charge in [-0.05, 0) is 51.2 Å². The number of hydrogen-bond donors (Lipinski definition) is 2. The summed E-state index contributed by atoms with van der Waals surface area (Å²) >= 11 is 1.71. The van der Waals surface area contributed by atoms with Gasteiger partial charge in [0.1, 0.15) is 5.01 Å². The summed E-state index contributed by atoms with van der Waals surface area (Å²) in [5.74, 6) is 1.36. The SMILES string of the molecule is CN=C(NCCCCN1CCCC1)NCc1nc(C(C)C)cs1. The smallest absolute Gasteiger partial charge is 0.191 e. The maximum Gasteiger partial charge on any atom is 0.191 e. The molecule has 2 rings (SSSR count). The fourth-order valence-corrected chi connectivity index (χ4v) is 3.62. The molecule has 1 fully saturated rings. The highest BCUT2D eigenvalue weighted by atomic mass is 32.1. The van der Waals surface area contributed by atoms with Crippen molar-refractivity contribution in [3.8, 4) is 0 Å². The van der Waals surface area contributed by atoms with Crippen LogP contribution in [-0.2, 0) is 6.54 Å². The lowest BCUT2D eigenvalue weighted by molar-refractivity contribution is 0.330. The van der Waals surface area contributed by atoms with Gasteiger partial charge in [0, 0.05) is 19.0 Å². The molecule has 23 heavy (non-hydrogen) atoms. The van der Waals surface area contributed by atoms with Gasteiger partial charge >= 0.3 is 0 Å². The number of likely N-dealkylation sites (tertiary alicyclic amines) is 1. The number of guanidine groups is 1. The van der Waals surface area contributed by atoms with E-state index in [0.29, 0.717) is 5.92 Å². The second-order valence-corrected chi connectivity index (χ2v) is 7.37.